The van der Waals surface area contributed by atoms with E-state index in [1.54, 1.807) is 10.9 Å². The van der Waals surface area contributed by atoms with Gasteiger partial charge in [-0.3, -0.25) is 14.4 Å². The van der Waals surface area contributed by atoms with E-state index in [2.05, 4.69) is 10.4 Å². The van der Waals surface area contributed by atoms with Crippen LogP contribution in [0, 0.1) is 6.92 Å². The van der Waals surface area contributed by atoms with E-state index in [9.17, 15) is 13.2 Å². The fraction of sp³-hybridized carbons (Fsp3) is 0.444. The molecule has 1 aromatic carbocycles. The van der Waals surface area contributed by atoms with Crippen molar-refractivity contribution in [2.24, 2.45) is 7.05 Å². The van der Waals surface area contributed by atoms with Crippen LogP contribution in [0.15, 0.2) is 36.5 Å². The van der Waals surface area contributed by atoms with Gasteiger partial charge in [0.25, 0.3) is 0 Å². The second-order valence-electron chi connectivity index (χ2n) is 6.76. The van der Waals surface area contributed by atoms with E-state index in [0.717, 1.165) is 11.3 Å². The Balaban J connectivity index is 1.72. The molecule has 1 fully saturated rings. The Bertz CT molecular complexity index is 877. The highest BCUT2D eigenvalue weighted by Gasteiger charge is 2.33. The van der Waals surface area contributed by atoms with Crippen LogP contribution in [-0.4, -0.2) is 53.1 Å². The maximum atomic E-state index is 12.6. The third-order valence-electron chi connectivity index (χ3n) is 4.81. The third-order valence-corrected chi connectivity index (χ3v) is 6.56. The van der Waals surface area contributed by atoms with Crippen LogP contribution in [0.4, 0.5) is 5.69 Å². The SMILES string of the molecule is Cc1c(NC(=O)CN(Cc2ccccc2)C2CCS(=O)(=O)C2)cnn1C. The second-order valence-corrected chi connectivity index (χ2v) is 8.99. The number of sulfone groups is 1. The Morgan fingerprint density at radius 3 is 2.65 bits per heavy atom. The Morgan fingerprint density at radius 2 is 2.08 bits per heavy atom. The number of benzene rings is 1. The number of carbonyl (C=O) groups is 1. The maximum absolute atomic E-state index is 12.6. The molecule has 0 spiro atoms. The number of rotatable bonds is 6. The zero-order valence-electron chi connectivity index (χ0n) is 15.1. The van der Waals surface area contributed by atoms with E-state index in [0.29, 0.717) is 18.7 Å². The Labute approximate surface area is 153 Å². The molecule has 140 valence electrons. The molecule has 0 aliphatic carbocycles. The average Bonchev–Trinajstić information content (AvgIpc) is 3.12. The summed E-state index contributed by atoms with van der Waals surface area (Å²) in [4.78, 5) is 14.5. The van der Waals surface area contributed by atoms with Gasteiger partial charge in [0.05, 0.1) is 35.6 Å². The van der Waals surface area contributed by atoms with Gasteiger partial charge in [-0.25, -0.2) is 8.42 Å². The third kappa shape index (κ3) is 4.50. The van der Waals surface area contributed by atoms with Gasteiger partial charge in [-0.05, 0) is 18.9 Å². The molecule has 26 heavy (non-hydrogen) atoms. The highest BCUT2D eigenvalue weighted by Crippen LogP contribution is 2.20. The fourth-order valence-electron chi connectivity index (χ4n) is 3.19. The van der Waals surface area contributed by atoms with Crippen molar-refractivity contribution in [3.63, 3.8) is 0 Å². The minimum Gasteiger partial charge on any atom is -0.322 e. The van der Waals surface area contributed by atoms with Crippen LogP contribution in [0.25, 0.3) is 0 Å². The van der Waals surface area contributed by atoms with Crippen molar-refractivity contribution in [2.45, 2.75) is 25.9 Å². The van der Waals surface area contributed by atoms with E-state index in [1.807, 2.05) is 49.2 Å². The molecule has 2 aromatic rings. The highest BCUT2D eigenvalue weighted by atomic mass is 32.2. The van der Waals surface area contributed by atoms with Gasteiger partial charge < -0.3 is 5.32 Å². The van der Waals surface area contributed by atoms with Gasteiger partial charge >= 0.3 is 0 Å². The molecule has 1 unspecified atom stereocenters. The first-order valence-corrected chi connectivity index (χ1v) is 10.4. The van der Waals surface area contributed by atoms with Crippen molar-refractivity contribution in [2.75, 3.05) is 23.4 Å². The highest BCUT2D eigenvalue weighted by molar-refractivity contribution is 7.91. The lowest BCUT2D eigenvalue weighted by molar-refractivity contribution is -0.117. The summed E-state index contributed by atoms with van der Waals surface area (Å²) in [5, 5.41) is 7.00. The molecule has 1 aliphatic rings. The minimum atomic E-state index is -3.02. The minimum absolute atomic E-state index is 0.110. The summed E-state index contributed by atoms with van der Waals surface area (Å²) in [5.41, 5.74) is 2.61. The van der Waals surface area contributed by atoms with Crippen molar-refractivity contribution in [1.82, 2.24) is 14.7 Å². The van der Waals surface area contributed by atoms with Gasteiger partial charge in [-0.2, -0.15) is 5.10 Å². The number of aromatic nitrogens is 2. The lowest BCUT2D eigenvalue weighted by Gasteiger charge is -2.27. The first kappa shape index (κ1) is 18.6. The Hall–Kier alpha value is -2.19. The Morgan fingerprint density at radius 1 is 1.35 bits per heavy atom. The molecule has 3 rings (SSSR count). The van der Waals surface area contributed by atoms with Gasteiger partial charge in [0, 0.05) is 19.6 Å². The first-order chi connectivity index (χ1) is 12.3. The monoisotopic (exact) mass is 376 g/mol. The van der Waals surface area contributed by atoms with Crippen LogP contribution in [-0.2, 0) is 28.2 Å². The molecule has 1 N–H and O–H groups in total. The summed E-state index contributed by atoms with van der Waals surface area (Å²) in [6, 6.07) is 9.65. The number of nitrogens with one attached hydrogen (secondary N) is 1. The van der Waals surface area contributed by atoms with Crippen LogP contribution < -0.4 is 5.32 Å². The van der Waals surface area contributed by atoms with Gasteiger partial charge in [-0.1, -0.05) is 30.3 Å². The van der Waals surface area contributed by atoms with Gasteiger partial charge in [0.1, 0.15) is 0 Å². The zero-order chi connectivity index (χ0) is 18.7. The van der Waals surface area contributed by atoms with Gasteiger partial charge in [-0.15, -0.1) is 0 Å². The lowest BCUT2D eigenvalue weighted by atomic mass is 10.1. The molecule has 1 atom stereocenters. The fourth-order valence-corrected chi connectivity index (χ4v) is 4.95. The largest absolute Gasteiger partial charge is 0.322 e. The van der Waals surface area contributed by atoms with Crippen molar-refractivity contribution in [3.05, 3.63) is 47.8 Å². The molecule has 0 bridgehead atoms. The molecule has 0 radical (unpaired) electrons. The molecule has 1 aromatic heterocycles. The number of hydrogen-bond acceptors (Lipinski definition) is 5. The summed E-state index contributed by atoms with van der Waals surface area (Å²) >= 11 is 0. The molecule has 8 heteroatoms. The molecule has 1 aliphatic heterocycles. The van der Waals surface area contributed by atoms with E-state index in [4.69, 9.17) is 0 Å². The van der Waals surface area contributed by atoms with Crippen molar-refractivity contribution in [3.8, 4) is 0 Å². The maximum Gasteiger partial charge on any atom is 0.238 e. The van der Waals surface area contributed by atoms with E-state index in [1.165, 1.54) is 0 Å². The molecular weight excluding hydrogens is 352 g/mol. The van der Waals surface area contributed by atoms with Crippen molar-refractivity contribution in [1.29, 1.82) is 0 Å². The van der Waals surface area contributed by atoms with E-state index in [-0.39, 0.29) is 30.0 Å². The molecule has 0 saturated carbocycles. The number of carbonyl (C=O) groups excluding carboxylic acids is 1. The first-order valence-electron chi connectivity index (χ1n) is 8.61. The van der Waals surface area contributed by atoms with E-state index >= 15 is 0 Å². The summed E-state index contributed by atoms with van der Waals surface area (Å²) in [6.45, 7) is 2.57. The number of amides is 1. The summed E-state index contributed by atoms with van der Waals surface area (Å²) in [5.74, 6) is 0.132. The van der Waals surface area contributed by atoms with Crippen LogP contribution in [0.2, 0.25) is 0 Å². The Kier molecular flexibility index (Phi) is 5.43. The van der Waals surface area contributed by atoms with Crippen LogP contribution in [0.1, 0.15) is 17.7 Å². The lowest BCUT2D eigenvalue weighted by Crippen LogP contribution is -2.41. The topological polar surface area (TPSA) is 84.3 Å². The summed E-state index contributed by atoms with van der Waals surface area (Å²) in [6.07, 6.45) is 2.18. The second kappa shape index (κ2) is 7.59. The standard InChI is InChI=1S/C18H24N4O3S/c1-14-17(10-19-21(14)2)20-18(23)12-22(11-15-6-4-3-5-7-15)16-8-9-26(24,25)13-16/h3-7,10,16H,8-9,11-13H2,1-2H3,(H,20,23). The molecule has 1 amide bonds. The normalized spacial score (nSPS) is 19.0. The smallest absolute Gasteiger partial charge is 0.238 e. The predicted octanol–water partition coefficient (Wildman–Crippen LogP) is 1.36. The van der Waals surface area contributed by atoms with Gasteiger partial charge in [0.2, 0.25) is 5.91 Å². The van der Waals surface area contributed by atoms with Crippen LogP contribution >= 0.6 is 0 Å². The van der Waals surface area contributed by atoms with Crippen LogP contribution in [0.5, 0.6) is 0 Å². The summed E-state index contributed by atoms with van der Waals surface area (Å²) in [7, 11) is -1.20. The molecule has 7 nitrogen and oxygen atoms in total. The average molecular weight is 376 g/mol. The summed E-state index contributed by atoms with van der Waals surface area (Å²) < 4.78 is 25.5. The van der Waals surface area contributed by atoms with Crippen LogP contribution in [0.3, 0.4) is 0 Å². The molecule has 2 heterocycles. The molecular formula is C18H24N4O3S. The number of nitrogens with zero attached hydrogens (tertiary/aromatic N) is 3. The number of hydrogen-bond donors (Lipinski definition) is 1. The number of aryl methyl sites for hydroxylation is 1. The zero-order valence-corrected chi connectivity index (χ0v) is 15.9. The molecule has 1 saturated heterocycles. The number of anilines is 1. The predicted molar refractivity (Wildman–Crippen MR) is 100 cm³/mol. The van der Waals surface area contributed by atoms with Gasteiger partial charge in [0.15, 0.2) is 9.84 Å². The quantitative estimate of drug-likeness (QED) is 0.823. The van der Waals surface area contributed by atoms with E-state index < -0.39 is 9.84 Å². The van der Waals surface area contributed by atoms with Crippen molar-refractivity contribution < 1.29 is 13.2 Å². The van der Waals surface area contributed by atoms with Crippen molar-refractivity contribution >= 4 is 21.4 Å².